The molecule has 0 unspecified atom stereocenters. The number of hydrogen-bond acceptors (Lipinski definition) is 1. The molecule has 0 aliphatic rings. The molecule has 66 valence electrons. The number of nitrogens with zero attached hydrogens (tertiary/aromatic N) is 1. The average Bonchev–Trinajstić information content (AvgIpc) is 2.49. The van der Waals surface area contributed by atoms with Crippen LogP contribution >= 0.6 is 22.9 Å². The van der Waals surface area contributed by atoms with Gasteiger partial charge in [0.15, 0.2) is 6.54 Å². The molecule has 2 rings (SSSR count). The largest absolute Gasteiger partial charge is 0.226 e. The summed E-state index contributed by atoms with van der Waals surface area (Å²) in [5, 5.41) is 0.792. The second-order valence-corrected chi connectivity index (χ2v) is 4.10. The van der Waals surface area contributed by atoms with Gasteiger partial charge in [-0.3, -0.25) is 0 Å². The van der Waals surface area contributed by atoms with Gasteiger partial charge in [-0.15, -0.1) is 0 Å². The molecule has 1 aromatic heterocycles. The SMILES string of the molecule is C=CC[n+]1csc2cc(Cl)ccc21. The minimum absolute atomic E-state index is 0.792. The van der Waals surface area contributed by atoms with Gasteiger partial charge in [-0.2, -0.15) is 4.57 Å². The van der Waals surface area contributed by atoms with Crippen molar-refractivity contribution in [1.82, 2.24) is 0 Å². The molecular weight excluding hydrogens is 202 g/mol. The van der Waals surface area contributed by atoms with Gasteiger partial charge < -0.3 is 0 Å². The smallest absolute Gasteiger partial charge is 0.185 e. The molecule has 0 spiro atoms. The number of fused-ring (bicyclic) bond motifs is 1. The Bertz CT molecular complexity index is 447. The van der Waals surface area contributed by atoms with E-state index in [1.165, 1.54) is 10.2 Å². The van der Waals surface area contributed by atoms with Crippen LogP contribution in [0.1, 0.15) is 0 Å². The number of thiazole rings is 1. The van der Waals surface area contributed by atoms with Gasteiger partial charge in [-0.1, -0.05) is 29.5 Å². The molecule has 0 bridgehead atoms. The molecular formula is C10H9ClNS+. The van der Waals surface area contributed by atoms with Crippen LogP contribution in [0.5, 0.6) is 0 Å². The average molecular weight is 211 g/mol. The van der Waals surface area contributed by atoms with Crippen molar-refractivity contribution >= 4 is 33.2 Å². The Kier molecular flexibility index (Phi) is 2.34. The number of aromatic nitrogens is 1. The lowest BCUT2D eigenvalue weighted by Crippen LogP contribution is -2.29. The lowest BCUT2D eigenvalue weighted by Gasteiger charge is -1.89. The Hall–Kier alpha value is -0.860. The fourth-order valence-corrected chi connectivity index (χ4v) is 2.46. The van der Waals surface area contributed by atoms with Gasteiger partial charge >= 0.3 is 0 Å². The van der Waals surface area contributed by atoms with E-state index in [2.05, 4.69) is 16.7 Å². The topological polar surface area (TPSA) is 3.88 Å². The van der Waals surface area contributed by atoms with Crippen molar-refractivity contribution in [3.8, 4) is 0 Å². The summed E-state index contributed by atoms with van der Waals surface area (Å²) in [6.07, 6.45) is 1.89. The molecule has 0 atom stereocenters. The van der Waals surface area contributed by atoms with Gasteiger partial charge in [-0.25, -0.2) is 0 Å². The fourth-order valence-electron chi connectivity index (χ4n) is 1.28. The Morgan fingerprint density at radius 1 is 1.54 bits per heavy atom. The lowest BCUT2D eigenvalue weighted by atomic mass is 10.3. The summed E-state index contributed by atoms with van der Waals surface area (Å²) in [7, 11) is 0. The van der Waals surface area contributed by atoms with Crippen LogP contribution in [0.15, 0.2) is 36.4 Å². The number of rotatable bonds is 2. The van der Waals surface area contributed by atoms with Crippen molar-refractivity contribution < 1.29 is 4.57 Å². The number of halogens is 1. The molecule has 0 saturated carbocycles. The minimum Gasteiger partial charge on any atom is -0.185 e. The molecule has 1 aromatic carbocycles. The highest BCUT2D eigenvalue weighted by Crippen LogP contribution is 2.20. The maximum atomic E-state index is 5.88. The number of allylic oxidation sites excluding steroid dienone is 1. The normalized spacial score (nSPS) is 10.5. The van der Waals surface area contributed by atoms with E-state index in [-0.39, 0.29) is 0 Å². The first-order valence-corrected chi connectivity index (χ1v) is 5.24. The summed E-state index contributed by atoms with van der Waals surface area (Å²) in [4.78, 5) is 0. The van der Waals surface area contributed by atoms with E-state index in [1.807, 2.05) is 24.3 Å². The summed E-state index contributed by atoms with van der Waals surface area (Å²) in [6, 6.07) is 5.94. The molecule has 2 aromatic rings. The number of benzene rings is 1. The molecule has 0 N–H and O–H groups in total. The van der Waals surface area contributed by atoms with Crippen LogP contribution < -0.4 is 4.57 Å². The van der Waals surface area contributed by atoms with Crippen molar-refractivity contribution in [2.24, 2.45) is 0 Å². The Labute approximate surface area is 85.9 Å². The molecule has 1 nitrogen and oxygen atoms in total. The van der Waals surface area contributed by atoms with E-state index in [4.69, 9.17) is 11.6 Å². The third-order valence-electron chi connectivity index (χ3n) is 1.86. The van der Waals surface area contributed by atoms with Crippen LogP contribution in [0.25, 0.3) is 10.2 Å². The molecule has 0 fully saturated rings. The zero-order valence-corrected chi connectivity index (χ0v) is 8.61. The molecule has 0 radical (unpaired) electrons. The van der Waals surface area contributed by atoms with Gasteiger partial charge in [0.1, 0.15) is 4.70 Å². The molecule has 13 heavy (non-hydrogen) atoms. The third-order valence-corrected chi connectivity index (χ3v) is 3.04. The lowest BCUT2D eigenvalue weighted by molar-refractivity contribution is -0.656. The van der Waals surface area contributed by atoms with E-state index in [9.17, 15) is 0 Å². The first kappa shape index (κ1) is 8.73. The van der Waals surface area contributed by atoms with Crippen LogP contribution in [-0.4, -0.2) is 0 Å². The first-order valence-electron chi connectivity index (χ1n) is 3.98. The van der Waals surface area contributed by atoms with Crippen molar-refractivity contribution in [3.63, 3.8) is 0 Å². The van der Waals surface area contributed by atoms with Crippen LogP contribution in [-0.2, 0) is 6.54 Å². The zero-order valence-electron chi connectivity index (χ0n) is 7.03. The Morgan fingerprint density at radius 2 is 2.38 bits per heavy atom. The highest BCUT2D eigenvalue weighted by Gasteiger charge is 2.09. The predicted octanol–water partition coefficient (Wildman–Crippen LogP) is 3.03. The summed E-state index contributed by atoms with van der Waals surface area (Å²) >= 11 is 7.58. The van der Waals surface area contributed by atoms with Gasteiger partial charge in [0.05, 0.1) is 0 Å². The van der Waals surface area contributed by atoms with Gasteiger partial charge in [0.25, 0.3) is 0 Å². The van der Waals surface area contributed by atoms with Crippen molar-refractivity contribution in [2.75, 3.05) is 0 Å². The second kappa shape index (κ2) is 3.48. The van der Waals surface area contributed by atoms with Crippen molar-refractivity contribution in [1.29, 1.82) is 0 Å². The van der Waals surface area contributed by atoms with Crippen LogP contribution in [0, 0.1) is 0 Å². The predicted molar refractivity (Wildman–Crippen MR) is 57.2 cm³/mol. The molecule has 3 heteroatoms. The maximum Gasteiger partial charge on any atom is 0.226 e. The quantitative estimate of drug-likeness (QED) is 0.530. The van der Waals surface area contributed by atoms with Crippen LogP contribution in [0.4, 0.5) is 0 Å². The summed E-state index contributed by atoms with van der Waals surface area (Å²) in [5.41, 5.74) is 3.30. The van der Waals surface area contributed by atoms with Gasteiger partial charge in [-0.05, 0) is 18.2 Å². The Balaban J connectivity index is 2.61. The first-order chi connectivity index (χ1) is 6.31. The monoisotopic (exact) mass is 210 g/mol. The second-order valence-electron chi connectivity index (χ2n) is 2.78. The van der Waals surface area contributed by atoms with E-state index < -0.39 is 0 Å². The van der Waals surface area contributed by atoms with Crippen LogP contribution in [0.2, 0.25) is 5.02 Å². The zero-order chi connectivity index (χ0) is 9.26. The molecule has 0 saturated heterocycles. The molecule has 1 heterocycles. The maximum absolute atomic E-state index is 5.88. The molecule has 0 aliphatic heterocycles. The number of hydrogen-bond donors (Lipinski definition) is 0. The summed E-state index contributed by atoms with van der Waals surface area (Å²) in [5.74, 6) is 0. The minimum atomic E-state index is 0.792. The molecule has 0 amide bonds. The van der Waals surface area contributed by atoms with E-state index in [1.54, 1.807) is 11.3 Å². The fraction of sp³-hybridized carbons (Fsp3) is 0.100. The summed E-state index contributed by atoms with van der Waals surface area (Å²) < 4.78 is 3.37. The van der Waals surface area contributed by atoms with Gasteiger partial charge in [0, 0.05) is 11.1 Å². The van der Waals surface area contributed by atoms with Crippen molar-refractivity contribution in [2.45, 2.75) is 6.54 Å². The third kappa shape index (κ3) is 1.60. The standard InChI is InChI=1S/C10H9ClNS/c1-2-5-12-7-13-10-6-8(11)3-4-9(10)12/h2-4,6-7H,1,5H2/q+1. The summed E-state index contributed by atoms with van der Waals surface area (Å²) in [6.45, 7) is 4.57. The highest BCUT2D eigenvalue weighted by atomic mass is 35.5. The van der Waals surface area contributed by atoms with E-state index in [0.717, 1.165) is 11.6 Å². The van der Waals surface area contributed by atoms with Crippen molar-refractivity contribution in [3.05, 3.63) is 41.4 Å². The highest BCUT2D eigenvalue weighted by molar-refractivity contribution is 7.16. The van der Waals surface area contributed by atoms with Gasteiger partial charge in [0.2, 0.25) is 11.0 Å². The molecule has 0 aliphatic carbocycles. The van der Waals surface area contributed by atoms with E-state index >= 15 is 0 Å². The Morgan fingerprint density at radius 3 is 3.15 bits per heavy atom. The van der Waals surface area contributed by atoms with E-state index in [0.29, 0.717) is 0 Å². The van der Waals surface area contributed by atoms with Crippen LogP contribution in [0.3, 0.4) is 0 Å².